The Labute approximate surface area is 155 Å². The number of carbonyl (C=O) groups is 1. The SMILES string of the molecule is C[C@H]1OCCN[C@@H]1C(=O)Nc1ccc(N2CCCCC2)nc1.Cl.Cl. The van der Waals surface area contributed by atoms with E-state index < -0.39 is 0 Å². The Balaban J connectivity index is 0.00000144. The molecule has 0 aromatic carbocycles. The highest BCUT2D eigenvalue weighted by Gasteiger charge is 2.28. The first-order valence-electron chi connectivity index (χ1n) is 8.11. The van der Waals surface area contributed by atoms with Gasteiger partial charge in [0.25, 0.3) is 0 Å². The molecule has 0 aliphatic carbocycles. The molecule has 1 amide bonds. The smallest absolute Gasteiger partial charge is 0.244 e. The number of rotatable bonds is 3. The molecule has 2 N–H and O–H groups in total. The maximum absolute atomic E-state index is 12.3. The maximum atomic E-state index is 12.3. The van der Waals surface area contributed by atoms with E-state index in [2.05, 4.69) is 20.5 Å². The van der Waals surface area contributed by atoms with Crippen LogP contribution in [0.15, 0.2) is 18.3 Å². The van der Waals surface area contributed by atoms with Crippen LogP contribution in [-0.4, -0.2) is 49.3 Å². The molecule has 0 radical (unpaired) electrons. The van der Waals surface area contributed by atoms with Crippen LogP contribution in [-0.2, 0) is 9.53 Å². The fraction of sp³-hybridized carbons (Fsp3) is 0.625. The van der Waals surface area contributed by atoms with Crippen molar-refractivity contribution in [2.75, 3.05) is 36.5 Å². The number of hydrogen-bond donors (Lipinski definition) is 2. The number of morpholine rings is 1. The second-order valence-corrected chi connectivity index (χ2v) is 5.95. The van der Waals surface area contributed by atoms with Crippen molar-refractivity contribution in [2.24, 2.45) is 0 Å². The number of pyridine rings is 1. The third kappa shape index (κ3) is 5.21. The summed E-state index contributed by atoms with van der Waals surface area (Å²) in [6.45, 7) is 5.40. The predicted octanol–water partition coefficient (Wildman–Crippen LogP) is 2.23. The van der Waals surface area contributed by atoms with E-state index in [4.69, 9.17) is 4.74 Å². The van der Waals surface area contributed by atoms with Gasteiger partial charge in [0.1, 0.15) is 11.9 Å². The Morgan fingerprint density at radius 3 is 2.67 bits per heavy atom. The topological polar surface area (TPSA) is 66.5 Å². The monoisotopic (exact) mass is 376 g/mol. The molecule has 1 aromatic rings. The summed E-state index contributed by atoms with van der Waals surface area (Å²) in [4.78, 5) is 19.1. The molecule has 0 spiro atoms. The molecular weight excluding hydrogens is 351 g/mol. The van der Waals surface area contributed by atoms with Crippen molar-refractivity contribution in [3.8, 4) is 0 Å². The van der Waals surface area contributed by atoms with Crippen molar-refractivity contribution >= 4 is 42.2 Å². The molecule has 2 aliphatic heterocycles. The molecule has 2 atom stereocenters. The number of amides is 1. The summed E-state index contributed by atoms with van der Waals surface area (Å²) in [7, 11) is 0. The van der Waals surface area contributed by atoms with Gasteiger partial charge < -0.3 is 20.3 Å². The second-order valence-electron chi connectivity index (χ2n) is 5.95. The molecule has 2 aliphatic rings. The molecule has 0 unspecified atom stereocenters. The fourth-order valence-electron chi connectivity index (χ4n) is 3.02. The summed E-state index contributed by atoms with van der Waals surface area (Å²) in [6.07, 6.45) is 5.38. The van der Waals surface area contributed by atoms with E-state index in [-0.39, 0.29) is 42.9 Å². The van der Waals surface area contributed by atoms with Gasteiger partial charge in [0, 0.05) is 19.6 Å². The third-order valence-electron chi connectivity index (χ3n) is 4.29. The van der Waals surface area contributed by atoms with Crippen molar-refractivity contribution < 1.29 is 9.53 Å². The summed E-state index contributed by atoms with van der Waals surface area (Å²) in [5.74, 6) is 0.921. The van der Waals surface area contributed by atoms with Crippen molar-refractivity contribution in [3.63, 3.8) is 0 Å². The molecule has 136 valence electrons. The molecule has 6 nitrogen and oxygen atoms in total. The minimum absolute atomic E-state index is 0. The standard InChI is InChI=1S/C16H24N4O2.2ClH/c1-12-15(17-7-10-22-12)16(21)19-13-5-6-14(18-11-13)20-8-3-2-4-9-20;;/h5-6,11-12,15,17H,2-4,7-10H2,1H3,(H,19,21);2*1H/t12-,15+;;/m1../s1. The number of nitrogens with zero attached hydrogens (tertiary/aromatic N) is 2. The number of aromatic nitrogens is 1. The van der Waals surface area contributed by atoms with Gasteiger partial charge in [0.05, 0.1) is 24.6 Å². The number of piperidine rings is 1. The van der Waals surface area contributed by atoms with Gasteiger partial charge >= 0.3 is 0 Å². The summed E-state index contributed by atoms with van der Waals surface area (Å²) < 4.78 is 5.50. The number of anilines is 2. The normalized spacial score (nSPS) is 23.6. The Morgan fingerprint density at radius 2 is 2.04 bits per heavy atom. The van der Waals surface area contributed by atoms with E-state index in [1.54, 1.807) is 6.20 Å². The molecule has 24 heavy (non-hydrogen) atoms. The molecule has 2 saturated heterocycles. The quantitative estimate of drug-likeness (QED) is 0.846. The van der Waals surface area contributed by atoms with Gasteiger partial charge in [-0.25, -0.2) is 4.98 Å². The zero-order chi connectivity index (χ0) is 15.4. The van der Waals surface area contributed by atoms with E-state index >= 15 is 0 Å². The van der Waals surface area contributed by atoms with Crippen molar-refractivity contribution in [3.05, 3.63) is 18.3 Å². The second kappa shape index (κ2) is 10.0. The summed E-state index contributed by atoms with van der Waals surface area (Å²) >= 11 is 0. The van der Waals surface area contributed by atoms with Gasteiger partial charge in [-0.3, -0.25) is 4.79 Å². The first-order valence-corrected chi connectivity index (χ1v) is 8.11. The van der Waals surface area contributed by atoms with Crippen LogP contribution >= 0.6 is 24.8 Å². The lowest BCUT2D eigenvalue weighted by atomic mass is 10.1. The zero-order valence-corrected chi connectivity index (χ0v) is 15.5. The zero-order valence-electron chi connectivity index (χ0n) is 13.9. The van der Waals surface area contributed by atoms with Gasteiger partial charge in [-0.05, 0) is 38.3 Å². The van der Waals surface area contributed by atoms with Crippen molar-refractivity contribution in [1.82, 2.24) is 10.3 Å². The fourth-order valence-corrected chi connectivity index (χ4v) is 3.02. The number of ether oxygens (including phenoxy) is 1. The van der Waals surface area contributed by atoms with E-state index in [1.807, 2.05) is 19.1 Å². The highest BCUT2D eigenvalue weighted by Crippen LogP contribution is 2.19. The molecule has 8 heteroatoms. The number of nitrogens with one attached hydrogen (secondary N) is 2. The van der Waals surface area contributed by atoms with Gasteiger partial charge in [0.15, 0.2) is 0 Å². The van der Waals surface area contributed by atoms with Crippen LogP contribution < -0.4 is 15.5 Å². The first kappa shape index (κ1) is 21.0. The van der Waals surface area contributed by atoms with Gasteiger partial charge in [-0.2, -0.15) is 0 Å². The lowest BCUT2D eigenvalue weighted by Gasteiger charge is -2.29. The molecule has 0 bridgehead atoms. The van der Waals surface area contributed by atoms with Crippen LogP contribution in [0.2, 0.25) is 0 Å². The molecule has 3 heterocycles. The van der Waals surface area contributed by atoms with Gasteiger partial charge in [0.2, 0.25) is 5.91 Å². The van der Waals surface area contributed by atoms with Crippen molar-refractivity contribution in [1.29, 1.82) is 0 Å². The van der Waals surface area contributed by atoms with Crippen LogP contribution in [0.5, 0.6) is 0 Å². The molecule has 3 rings (SSSR count). The Morgan fingerprint density at radius 1 is 1.29 bits per heavy atom. The minimum atomic E-state index is -0.310. The molecular formula is C16H26Cl2N4O2. The summed E-state index contributed by atoms with van der Waals surface area (Å²) in [6, 6.07) is 3.59. The average Bonchev–Trinajstić information content (AvgIpc) is 2.57. The Hall–Kier alpha value is -1.08. The van der Waals surface area contributed by atoms with Crippen LogP contribution in [0.4, 0.5) is 11.5 Å². The maximum Gasteiger partial charge on any atom is 0.244 e. The summed E-state index contributed by atoms with van der Waals surface area (Å²) in [5, 5.41) is 6.10. The van der Waals surface area contributed by atoms with E-state index in [0.29, 0.717) is 13.2 Å². The van der Waals surface area contributed by atoms with E-state index in [1.165, 1.54) is 19.3 Å². The molecule has 1 aromatic heterocycles. The van der Waals surface area contributed by atoms with Crippen LogP contribution in [0, 0.1) is 0 Å². The Kier molecular flexibility index (Phi) is 8.76. The number of hydrogen-bond acceptors (Lipinski definition) is 5. The van der Waals surface area contributed by atoms with Crippen molar-refractivity contribution in [2.45, 2.75) is 38.3 Å². The largest absolute Gasteiger partial charge is 0.375 e. The third-order valence-corrected chi connectivity index (χ3v) is 4.29. The number of halogens is 2. The van der Waals surface area contributed by atoms with Crippen LogP contribution in [0.1, 0.15) is 26.2 Å². The van der Waals surface area contributed by atoms with Gasteiger partial charge in [-0.1, -0.05) is 0 Å². The van der Waals surface area contributed by atoms with Gasteiger partial charge in [-0.15, -0.1) is 24.8 Å². The van der Waals surface area contributed by atoms with Crippen LogP contribution in [0.3, 0.4) is 0 Å². The number of carbonyl (C=O) groups excluding carboxylic acids is 1. The highest BCUT2D eigenvalue weighted by molar-refractivity contribution is 5.95. The summed E-state index contributed by atoms with van der Waals surface area (Å²) in [5.41, 5.74) is 0.727. The highest BCUT2D eigenvalue weighted by atomic mass is 35.5. The predicted molar refractivity (Wildman–Crippen MR) is 101 cm³/mol. The lowest BCUT2D eigenvalue weighted by Crippen LogP contribution is -2.53. The molecule has 2 fully saturated rings. The van der Waals surface area contributed by atoms with Crippen LogP contribution in [0.25, 0.3) is 0 Å². The molecule has 0 saturated carbocycles. The van der Waals surface area contributed by atoms with E-state index in [0.717, 1.165) is 24.6 Å². The Bertz CT molecular complexity index is 509. The first-order chi connectivity index (χ1) is 10.7. The minimum Gasteiger partial charge on any atom is -0.375 e. The average molecular weight is 377 g/mol. The lowest BCUT2D eigenvalue weighted by molar-refractivity contribution is -0.123. The van der Waals surface area contributed by atoms with E-state index in [9.17, 15) is 4.79 Å².